The van der Waals surface area contributed by atoms with E-state index in [2.05, 4.69) is 15.9 Å². The summed E-state index contributed by atoms with van der Waals surface area (Å²) in [7, 11) is -3.51. The number of aryl methyl sites for hydroxylation is 1. The van der Waals surface area contributed by atoms with E-state index in [0.717, 1.165) is 12.0 Å². The van der Waals surface area contributed by atoms with Crippen LogP contribution in [0.1, 0.15) is 25.3 Å². The third-order valence-corrected chi connectivity index (χ3v) is 6.13. The zero-order chi connectivity index (χ0) is 14.3. The molecule has 1 heterocycles. The average Bonchev–Trinajstić information content (AvgIpc) is 2.25. The largest absolute Gasteiger partial charge is 0.387 e. The lowest BCUT2D eigenvalue weighted by Crippen LogP contribution is -2.63. The van der Waals surface area contributed by atoms with Gasteiger partial charge in [-0.2, -0.15) is 4.31 Å². The van der Waals surface area contributed by atoms with Crippen molar-refractivity contribution in [3.05, 3.63) is 28.2 Å². The predicted octanol–water partition coefficient (Wildman–Crippen LogP) is 2.29. The molecule has 1 aromatic carbocycles. The summed E-state index contributed by atoms with van der Waals surface area (Å²) in [5.41, 5.74) is 0.149. The summed E-state index contributed by atoms with van der Waals surface area (Å²) in [5, 5.41) is 10.1. The third kappa shape index (κ3) is 2.86. The van der Waals surface area contributed by atoms with Gasteiger partial charge in [0.05, 0.1) is 10.5 Å². The number of β-amino-alcohol motifs (C(OH)–C–C–N with tert-alkyl or cyclic N) is 1. The lowest BCUT2D eigenvalue weighted by Gasteiger charge is -2.45. The number of sulfonamides is 1. The number of halogens is 1. The van der Waals surface area contributed by atoms with Crippen LogP contribution >= 0.6 is 15.9 Å². The summed E-state index contributed by atoms with van der Waals surface area (Å²) < 4.78 is 26.7. The van der Waals surface area contributed by atoms with Crippen LogP contribution in [0.4, 0.5) is 0 Å². The van der Waals surface area contributed by atoms with Gasteiger partial charge in [-0.15, -0.1) is 0 Å². The summed E-state index contributed by atoms with van der Waals surface area (Å²) in [4.78, 5) is 0.261. The third-order valence-electron chi connectivity index (χ3n) is 3.36. The highest BCUT2D eigenvalue weighted by molar-refractivity contribution is 9.10. The van der Waals surface area contributed by atoms with E-state index in [1.165, 1.54) is 4.31 Å². The zero-order valence-corrected chi connectivity index (χ0v) is 13.5. The minimum absolute atomic E-state index is 0.184. The molecular formula is C13H18BrNO3S. The maximum atomic E-state index is 12.4. The van der Waals surface area contributed by atoms with Crippen molar-refractivity contribution in [3.63, 3.8) is 0 Å². The molecule has 0 aliphatic carbocycles. The minimum Gasteiger partial charge on any atom is -0.387 e. The van der Waals surface area contributed by atoms with E-state index < -0.39 is 15.6 Å². The average molecular weight is 348 g/mol. The van der Waals surface area contributed by atoms with Gasteiger partial charge in [-0.05, 0) is 47.0 Å². The molecule has 0 atom stereocenters. The monoisotopic (exact) mass is 347 g/mol. The zero-order valence-electron chi connectivity index (χ0n) is 11.1. The fraction of sp³-hybridized carbons (Fsp3) is 0.538. The van der Waals surface area contributed by atoms with Crippen molar-refractivity contribution in [2.24, 2.45) is 0 Å². The topological polar surface area (TPSA) is 57.6 Å². The second-order valence-corrected chi connectivity index (χ2v) is 7.94. The van der Waals surface area contributed by atoms with Crippen LogP contribution in [0.15, 0.2) is 27.6 Å². The smallest absolute Gasteiger partial charge is 0.244 e. The molecule has 4 nitrogen and oxygen atoms in total. The fourth-order valence-electron chi connectivity index (χ4n) is 2.36. The lowest BCUT2D eigenvalue weighted by atomic mass is 9.92. The number of nitrogens with zero attached hydrogens (tertiary/aromatic N) is 1. The molecule has 1 fully saturated rings. The molecule has 0 radical (unpaired) electrons. The predicted molar refractivity (Wildman–Crippen MR) is 77.5 cm³/mol. The molecule has 0 spiro atoms. The van der Waals surface area contributed by atoms with Crippen molar-refractivity contribution < 1.29 is 13.5 Å². The van der Waals surface area contributed by atoms with Gasteiger partial charge < -0.3 is 5.11 Å². The molecule has 6 heteroatoms. The Labute approximate surface area is 122 Å². The Morgan fingerprint density at radius 2 is 2.05 bits per heavy atom. The Morgan fingerprint density at radius 1 is 1.42 bits per heavy atom. The van der Waals surface area contributed by atoms with Crippen molar-refractivity contribution in [2.45, 2.75) is 37.2 Å². The van der Waals surface area contributed by atoms with Gasteiger partial charge in [-0.25, -0.2) is 8.42 Å². The number of hydrogen-bond acceptors (Lipinski definition) is 3. The molecule has 0 saturated carbocycles. The van der Waals surface area contributed by atoms with Crippen molar-refractivity contribution in [3.8, 4) is 0 Å². The molecule has 0 aromatic heterocycles. The first-order valence-electron chi connectivity index (χ1n) is 6.27. The number of aliphatic hydroxyl groups is 1. The van der Waals surface area contributed by atoms with Crippen LogP contribution in [0.25, 0.3) is 0 Å². The van der Waals surface area contributed by atoms with E-state index in [0.29, 0.717) is 10.9 Å². The molecule has 0 bridgehead atoms. The number of hydrogen-bond donors (Lipinski definition) is 1. The minimum atomic E-state index is -3.51. The quantitative estimate of drug-likeness (QED) is 0.908. The molecule has 1 aliphatic rings. The van der Waals surface area contributed by atoms with Crippen LogP contribution in [-0.4, -0.2) is 36.5 Å². The highest BCUT2D eigenvalue weighted by Crippen LogP contribution is 2.33. The van der Waals surface area contributed by atoms with E-state index in [1.54, 1.807) is 18.2 Å². The van der Waals surface area contributed by atoms with E-state index in [4.69, 9.17) is 0 Å². The van der Waals surface area contributed by atoms with Crippen LogP contribution in [-0.2, 0) is 10.0 Å². The molecule has 2 rings (SSSR count). The molecule has 106 valence electrons. The maximum Gasteiger partial charge on any atom is 0.244 e. The number of benzene rings is 1. The highest BCUT2D eigenvalue weighted by atomic mass is 79.9. The number of rotatable bonds is 4. The summed E-state index contributed by atoms with van der Waals surface area (Å²) in [6, 6.07) is 5.16. The van der Waals surface area contributed by atoms with Gasteiger partial charge in [-0.1, -0.05) is 19.4 Å². The van der Waals surface area contributed by atoms with Crippen LogP contribution in [0.5, 0.6) is 0 Å². The summed E-state index contributed by atoms with van der Waals surface area (Å²) in [6.07, 6.45) is 1.48. The summed E-state index contributed by atoms with van der Waals surface area (Å²) in [5.74, 6) is 0. The molecule has 1 aromatic rings. The van der Waals surface area contributed by atoms with Crippen LogP contribution in [0.2, 0.25) is 0 Å². The Hall–Kier alpha value is -0.430. The molecular weight excluding hydrogens is 330 g/mol. The van der Waals surface area contributed by atoms with Gasteiger partial charge >= 0.3 is 0 Å². The van der Waals surface area contributed by atoms with Gasteiger partial charge in [0, 0.05) is 17.6 Å². The Bertz CT molecular complexity index is 580. The van der Waals surface area contributed by atoms with Crippen molar-refractivity contribution in [1.29, 1.82) is 0 Å². The van der Waals surface area contributed by atoms with Gasteiger partial charge in [0.1, 0.15) is 0 Å². The van der Waals surface area contributed by atoms with Crippen LogP contribution in [0.3, 0.4) is 0 Å². The second kappa shape index (κ2) is 5.16. The molecule has 1 aliphatic heterocycles. The molecule has 1 N–H and O–H groups in total. The molecule has 0 amide bonds. The first-order valence-corrected chi connectivity index (χ1v) is 8.50. The fourth-order valence-corrected chi connectivity index (χ4v) is 5.11. The first-order chi connectivity index (χ1) is 8.78. The van der Waals surface area contributed by atoms with Gasteiger partial charge in [0.25, 0.3) is 0 Å². The van der Waals surface area contributed by atoms with E-state index in [1.807, 2.05) is 13.8 Å². The molecule has 19 heavy (non-hydrogen) atoms. The SMILES string of the molecule is CCCC1(O)CN(S(=O)(=O)c2ccc(C)cc2Br)C1. The van der Waals surface area contributed by atoms with E-state index in [9.17, 15) is 13.5 Å². The van der Waals surface area contributed by atoms with E-state index >= 15 is 0 Å². The van der Waals surface area contributed by atoms with Crippen LogP contribution in [0, 0.1) is 6.92 Å². The highest BCUT2D eigenvalue weighted by Gasteiger charge is 2.46. The normalized spacial score (nSPS) is 19.2. The van der Waals surface area contributed by atoms with Crippen molar-refractivity contribution in [1.82, 2.24) is 4.31 Å². The van der Waals surface area contributed by atoms with Crippen LogP contribution < -0.4 is 0 Å². The van der Waals surface area contributed by atoms with E-state index in [-0.39, 0.29) is 18.0 Å². The Morgan fingerprint density at radius 3 is 2.58 bits per heavy atom. The van der Waals surface area contributed by atoms with Crippen molar-refractivity contribution >= 4 is 26.0 Å². The second-order valence-electron chi connectivity index (χ2n) is 5.18. The van der Waals surface area contributed by atoms with Crippen molar-refractivity contribution in [2.75, 3.05) is 13.1 Å². The summed E-state index contributed by atoms with van der Waals surface area (Å²) in [6.45, 7) is 4.25. The Kier molecular flexibility index (Phi) is 4.07. The van der Waals surface area contributed by atoms with Gasteiger partial charge in [0.2, 0.25) is 10.0 Å². The summed E-state index contributed by atoms with van der Waals surface area (Å²) >= 11 is 3.30. The maximum absolute atomic E-state index is 12.4. The molecule has 0 unspecified atom stereocenters. The first kappa shape index (κ1) is 15.0. The Balaban J connectivity index is 2.21. The van der Waals surface area contributed by atoms with Gasteiger partial charge in [-0.3, -0.25) is 0 Å². The lowest BCUT2D eigenvalue weighted by molar-refractivity contribution is -0.0653. The molecule has 1 saturated heterocycles. The standard InChI is InChI=1S/C13H18BrNO3S/c1-3-6-13(16)8-15(9-13)19(17,18)12-5-4-10(2)7-11(12)14/h4-5,7,16H,3,6,8-9H2,1-2H3. The van der Waals surface area contributed by atoms with Gasteiger partial charge in [0.15, 0.2) is 0 Å².